The molecule has 1 N–H and O–H groups in total. The SMILES string of the molecule is C=CC(=O)N1C2CC1CN(c1ccc3ncnc(Nc4ccc(Oc5ccc6c(c5)nnn6C)c(C)c4)c3n1)C2. The number of aromatic nitrogens is 6. The van der Waals surface area contributed by atoms with E-state index in [1.54, 1.807) is 4.68 Å². The van der Waals surface area contributed by atoms with Crippen LogP contribution in [0.4, 0.5) is 17.3 Å². The predicted octanol–water partition coefficient (Wildman–Crippen LogP) is 4.13. The number of anilines is 3. The van der Waals surface area contributed by atoms with Crippen LogP contribution in [-0.2, 0) is 11.8 Å². The van der Waals surface area contributed by atoms with Crippen LogP contribution in [0.3, 0.4) is 0 Å². The average molecular weight is 534 g/mol. The van der Waals surface area contributed by atoms with Gasteiger partial charge in [0.15, 0.2) is 5.82 Å². The summed E-state index contributed by atoms with van der Waals surface area (Å²) in [5.74, 6) is 2.92. The molecule has 8 rings (SSSR count). The van der Waals surface area contributed by atoms with Crippen LogP contribution in [0.5, 0.6) is 11.5 Å². The average Bonchev–Trinajstić information content (AvgIpc) is 3.34. The minimum Gasteiger partial charge on any atom is -0.457 e. The second-order valence-corrected chi connectivity index (χ2v) is 10.2. The number of aryl methyl sites for hydroxylation is 2. The van der Waals surface area contributed by atoms with E-state index in [4.69, 9.17) is 9.72 Å². The minimum absolute atomic E-state index is 0.00513. The summed E-state index contributed by atoms with van der Waals surface area (Å²) in [4.78, 5) is 30.2. The van der Waals surface area contributed by atoms with Crippen LogP contribution in [-0.4, -0.2) is 65.9 Å². The molecule has 3 aliphatic rings. The second-order valence-electron chi connectivity index (χ2n) is 10.2. The molecule has 2 aromatic carbocycles. The standard InChI is InChI=1S/C29H27N9O2/c1-4-27(39)38-19-12-20(38)15-37(14-19)26-10-7-22-28(33-26)29(31-16-30-22)32-18-5-9-25(17(2)11-18)40-21-6-8-24-23(13-21)34-35-36(24)3/h4-11,13,16,19-20H,1,12,14-15H2,2-3H3,(H,30,31,32). The van der Waals surface area contributed by atoms with Crippen molar-refractivity contribution in [1.29, 1.82) is 0 Å². The van der Waals surface area contributed by atoms with E-state index in [9.17, 15) is 4.79 Å². The molecule has 1 amide bonds. The van der Waals surface area contributed by atoms with E-state index in [0.29, 0.717) is 17.1 Å². The molecule has 2 bridgehead atoms. The number of pyridine rings is 1. The quantitative estimate of drug-likeness (QED) is 0.322. The molecule has 3 fully saturated rings. The van der Waals surface area contributed by atoms with Crippen molar-refractivity contribution in [2.45, 2.75) is 25.4 Å². The summed E-state index contributed by atoms with van der Waals surface area (Å²) in [7, 11) is 1.86. The van der Waals surface area contributed by atoms with Gasteiger partial charge in [0.1, 0.15) is 34.7 Å². The van der Waals surface area contributed by atoms with Gasteiger partial charge in [-0.15, -0.1) is 5.10 Å². The first-order valence-corrected chi connectivity index (χ1v) is 13.1. The van der Waals surface area contributed by atoms with Gasteiger partial charge in [0.25, 0.3) is 0 Å². The number of amides is 1. The molecule has 200 valence electrons. The highest BCUT2D eigenvalue weighted by Crippen LogP contribution is 2.35. The van der Waals surface area contributed by atoms with E-state index in [2.05, 4.69) is 37.1 Å². The molecular formula is C29H27N9O2. The van der Waals surface area contributed by atoms with Crippen molar-refractivity contribution >= 4 is 45.3 Å². The van der Waals surface area contributed by atoms with Gasteiger partial charge in [-0.1, -0.05) is 11.8 Å². The van der Waals surface area contributed by atoms with Crippen molar-refractivity contribution < 1.29 is 9.53 Å². The summed E-state index contributed by atoms with van der Waals surface area (Å²) in [6.45, 7) is 7.12. The summed E-state index contributed by atoms with van der Waals surface area (Å²) in [5.41, 5.74) is 4.99. The largest absolute Gasteiger partial charge is 0.457 e. The topological polar surface area (TPSA) is 114 Å². The molecule has 40 heavy (non-hydrogen) atoms. The molecule has 3 aromatic heterocycles. The number of carbonyl (C=O) groups is 1. The van der Waals surface area contributed by atoms with Crippen molar-refractivity contribution in [2.75, 3.05) is 23.3 Å². The highest BCUT2D eigenvalue weighted by Gasteiger charge is 2.46. The van der Waals surface area contributed by atoms with Gasteiger partial charge in [0.05, 0.1) is 23.1 Å². The van der Waals surface area contributed by atoms with Crippen molar-refractivity contribution in [3.8, 4) is 11.5 Å². The zero-order valence-electron chi connectivity index (χ0n) is 22.2. The Balaban J connectivity index is 1.11. The number of benzene rings is 2. The molecule has 2 atom stereocenters. The fourth-order valence-electron chi connectivity index (χ4n) is 5.65. The molecule has 3 aliphatic heterocycles. The Morgan fingerprint density at radius 2 is 1.93 bits per heavy atom. The van der Waals surface area contributed by atoms with Gasteiger partial charge >= 0.3 is 0 Å². The Labute approximate surface area is 230 Å². The van der Waals surface area contributed by atoms with Crippen LogP contribution >= 0.6 is 0 Å². The first kappa shape index (κ1) is 24.0. The summed E-state index contributed by atoms with van der Waals surface area (Å²) >= 11 is 0. The number of hydrogen-bond acceptors (Lipinski definition) is 9. The lowest BCUT2D eigenvalue weighted by Crippen LogP contribution is -2.70. The molecule has 0 spiro atoms. The molecule has 0 saturated carbocycles. The first-order chi connectivity index (χ1) is 19.5. The number of fused-ring (bicyclic) bond motifs is 4. The Kier molecular flexibility index (Phi) is 5.58. The Hall–Kier alpha value is -5.06. The zero-order chi connectivity index (χ0) is 27.4. The molecule has 5 aromatic rings. The number of carbonyl (C=O) groups excluding carboxylic acids is 1. The van der Waals surface area contributed by atoms with E-state index in [1.807, 2.05) is 67.4 Å². The van der Waals surface area contributed by atoms with Gasteiger partial charge in [0.2, 0.25) is 5.91 Å². The van der Waals surface area contributed by atoms with E-state index < -0.39 is 0 Å². The predicted molar refractivity (Wildman–Crippen MR) is 152 cm³/mol. The molecule has 3 saturated heterocycles. The number of ether oxygens (including phenoxy) is 1. The molecule has 11 nitrogen and oxygen atoms in total. The van der Waals surface area contributed by atoms with E-state index >= 15 is 0 Å². The molecule has 6 heterocycles. The van der Waals surface area contributed by atoms with Crippen molar-refractivity contribution in [1.82, 2.24) is 34.8 Å². The number of hydrogen-bond donors (Lipinski definition) is 1. The molecule has 0 radical (unpaired) electrons. The maximum Gasteiger partial charge on any atom is 0.246 e. The third kappa shape index (κ3) is 4.06. The summed E-state index contributed by atoms with van der Waals surface area (Å²) in [6, 6.07) is 16.0. The summed E-state index contributed by atoms with van der Waals surface area (Å²) in [6.07, 6.45) is 3.96. The normalized spacial score (nSPS) is 18.1. The van der Waals surface area contributed by atoms with Gasteiger partial charge < -0.3 is 19.9 Å². The van der Waals surface area contributed by atoms with Gasteiger partial charge in [0, 0.05) is 31.9 Å². The fraction of sp³-hybridized carbons (Fsp3) is 0.241. The Morgan fingerprint density at radius 3 is 2.73 bits per heavy atom. The highest BCUT2D eigenvalue weighted by molar-refractivity contribution is 5.89. The first-order valence-electron chi connectivity index (χ1n) is 13.1. The summed E-state index contributed by atoms with van der Waals surface area (Å²) in [5, 5.41) is 11.6. The second kappa shape index (κ2) is 9.30. The zero-order valence-corrected chi connectivity index (χ0v) is 22.2. The number of rotatable bonds is 6. The monoisotopic (exact) mass is 533 g/mol. The Bertz CT molecular complexity index is 1790. The molecule has 0 aliphatic carbocycles. The smallest absolute Gasteiger partial charge is 0.246 e. The van der Waals surface area contributed by atoms with Gasteiger partial charge in [-0.2, -0.15) is 0 Å². The van der Waals surface area contributed by atoms with Crippen LogP contribution < -0.4 is 15.0 Å². The number of piperidine rings is 1. The van der Waals surface area contributed by atoms with E-state index in [1.165, 1.54) is 12.4 Å². The van der Waals surface area contributed by atoms with Crippen molar-refractivity contribution in [3.63, 3.8) is 0 Å². The number of piperazine rings is 1. The van der Waals surface area contributed by atoms with Crippen LogP contribution in [0.1, 0.15) is 12.0 Å². The fourth-order valence-corrected chi connectivity index (χ4v) is 5.65. The van der Waals surface area contributed by atoms with E-state index in [0.717, 1.165) is 58.9 Å². The van der Waals surface area contributed by atoms with Crippen molar-refractivity contribution in [2.24, 2.45) is 7.05 Å². The molecule has 2 unspecified atom stereocenters. The number of nitrogens with zero attached hydrogens (tertiary/aromatic N) is 8. The maximum atomic E-state index is 12.2. The van der Waals surface area contributed by atoms with Crippen LogP contribution in [0, 0.1) is 6.92 Å². The van der Waals surface area contributed by atoms with Gasteiger partial charge in [-0.3, -0.25) is 4.79 Å². The van der Waals surface area contributed by atoms with Gasteiger partial charge in [-0.05, 0) is 67.4 Å². The minimum atomic E-state index is 0.00513. The third-order valence-electron chi connectivity index (χ3n) is 7.66. The molecular weight excluding hydrogens is 506 g/mol. The van der Waals surface area contributed by atoms with Crippen LogP contribution in [0.15, 0.2) is 67.5 Å². The highest BCUT2D eigenvalue weighted by atomic mass is 16.5. The lowest BCUT2D eigenvalue weighted by molar-refractivity contribution is -0.140. The van der Waals surface area contributed by atoms with Crippen LogP contribution in [0.25, 0.3) is 22.1 Å². The van der Waals surface area contributed by atoms with Gasteiger partial charge in [-0.25, -0.2) is 19.6 Å². The number of nitrogens with one attached hydrogen (secondary N) is 1. The van der Waals surface area contributed by atoms with E-state index in [-0.39, 0.29) is 18.0 Å². The molecule has 11 heteroatoms. The Morgan fingerprint density at radius 1 is 1.07 bits per heavy atom. The summed E-state index contributed by atoms with van der Waals surface area (Å²) < 4.78 is 7.88. The van der Waals surface area contributed by atoms with Crippen molar-refractivity contribution in [3.05, 3.63) is 73.1 Å². The lowest BCUT2D eigenvalue weighted by Gasteiger charge is -2.56. The van der Waals surface area contributed by atoms with Crippen LogP contribution in [0.2, 0.25) is 0 Å². The third-order valence-corrected chi connectivity index (χ3v) is 7.66. The maximum absolute atomic E-state index is 12.2. The lowest BCUT2D eigenvalue weighted by atomic mass is 9.87.